The van der Waals surface area contributed by atoms with Gasteiger partial charge in [0, 0.05) is 43.3 Å². The highest BCUT2D eigenvalue weighted by Gasteiger charge is 2.17. The van der Waals surface area contributed by atoms with Gasteiger partial charge in [-0.2, -0.15) is 0 Å². The van der Waals surface area contributed by atoms with Gasteiger partial charge < -0.3 is 15.5 Å². The molecule has 0 spiro atoms. The lowest BCUT2D eigenvalue weighted by Crippen LogP contribution is -2.34. The zero-order valence-corrected chi connectivity index (χ0v) is 16.6. The number of anilines is 2. The summed E-state index contributed by atoms with van der Waals surface area (Å²) in [6.45, 7) is 0. The summed E-state index contributed by atoms with van der Waals surface area (Å²) in [7, 11) is 3.92. The third-order valence-corrected chi connectivity index (χ3v) is 5.09. The van der Waals surface area contributed by atoms with Gasteiger partial charge in [-0.25, -0.2) is 0 Å². The van der Waals surface area contributed by atoms with Gasteiger partial charge in [0.1, 0.15) is 5.69 Å². The number of rotatable bonds is 5. The van der Waals surface area contributed by atoms with E-state index in [0.29, 0.717) is 11.3 Å². The Balaban J connectivity index is 1.64. The second-order valence-corrected chi connectivity index (χ2v) is 7.49. The number of carbonyl (C=O) groups excluding carboxylic acids is 2. The molecule has 1 aromatic carbocycles. The highest BCUT2D eigenvalue weighted by molar-refractivity contribution is 6.04. The van der Waals surface area contributed by atoms with Crippen LogP contribution in [-0.4, -0.2) is 36.9 Å². The fourth-order valence-corrected chi connectivity index (χ4v) is 3.43. The van der Waals surface area contributed by atoms with Crippen LogP contribution in [-0.2, 0) is 0 Å². The number of benzene rings is 1. The third-order valence-electron chi connectivity index (χ3n) is 5.09. The first kappa shape index (κ1) is 19.9. The zero-order valence-electron chi connectivity index (χ0n) is 16.6. The smallest absolute Gasteiger partial charge is 0.274 e. The van der Waals surface area contributed by atoms with Crippen molar-refractivity contribution < 1.29 is 9.59 Å². The number of amides is 2. The Kier molecular flexibility index (Phi) is 6.63. The maximum atomic E-state index is 12.6. The molecule has 1 aromatic heterocycles. The van der Waals surface area contributed by atoms with Crippen molar-refractivity contribution in [2.45, 2.75) is 44.6 Å². The molecule has 6 nitrogen and oxygen atoms in total. The average Bonchev–Trinajstić information content (AvgIpc) is 2.97. The molecule has 0 radical (unpaired) electrons. The van der Waals surface area contributed by atoms with Crippen LogP contribution >= 0.6 is 0 Å². The molecule has 2 N–H and O–H groups in total. The molecule has 1 fully saturated rings. The van der Waals surface area contributed by atoms with Crippen molar-refractivity contribution in [3.8, 4) is 0 Å². The lowest BCUT2D eigenvalue weighted by atomic mass is 10.1. The van der Waals surface area contributed by atoms with E-state index in [2.05, 4.69) is 15.6 Å². The summed E-state index contributed by atoms with van der Waals surface area (Å²) >= 11 is 0. The van der Waals surface area contributed by atoms with E-state index in [-0.39, 0.29) is 23.6 Å². The fraction of sp³-hybridized carbons (Fsp3) is 0.409. The van der Waals surface area contributed by atoms with Crippen molar-refractivity contribution in [2.24, 2.45) is 0 Å². The molecule has 0 aliphatic heterocycles. The van der Waals surface area contributed by atoms with E-state index in [1.54, 1.807) is 12.1 Å². The molecule has 1 saturated carbocycles. The topological polar surface area (TPSA) is 74.3 Å². The normalized spacial score (nSPS) is 14.8. The van der Waals surface area contributed by atoms with E-state index in [0.717, 1.165) is 31.4 Å². The Morgan fingerprint density at radius 1 is 0.964 bits per heavy atom. The summed E-state index contributed by atoms with van der Waals surface area (Å²) in [5.74, 6) is -0.472. The Morgan fingerprint density at radius 3 is 2.29 bits per heavy atom. The van der Waals surface area contributed by atoms with Gasteiger partial charge in [0.2, 0.25) is 0 Å². The van der Waals surface area contributed by atoms with E-state index in [9.17, 15) is 9.59 Å². The number of nitrogens with zero attached hydrogens (tertiary/aromatic N) is 2. The van der Waals surface area contributed by atoms with Crippen molar-refractivity contribution >= 4 is 23.2 Å². The van der Waals surface area contributed by atoms with Crippen LogP contribution in [0.5, 0.6) is 0 Å². The minimum atomic E-state index is -0.332. The molecular weight excluding hydrogens is 352 g/mol. The average molecular weight is 380 g/mol. The molecule has 1 heterocycles. The molecule has 3 rings (SSSR count). The molecule has 2 aromatic rings. The fourth-order valence-electron chi connectivity index (χ4n) is 3.43. The van der Waals surface area contributed by atoms with Crippen molar-refractivity contribution in [1.29, 1.82) is 0 Å². The van der Waals surface area contributed by atoms with Crippen LogP contribution in [0.1, 0.15) is 59.4 Å². The van der Waals surface area contributed by atoms with Crippen LogP contribution in [0, 0.1) is 0 Å². The summed E-state index contributed by atoms with van der Waals surface area (Å²) in [6.07, 6.45) is 8.33. The monoisotopic (exact) mass is 380 g/mol. The number of hydrogen-bond donors (Lipinski definition) is 2. The molecule has 2 amide bonds. The molecule has 0 atom stereocenters. The Labute approximate surface area is 166 Å². The summed E-state index contributed by atoms with van der Waals surface area (Å²) in [6, 6.07) is 11.0. The first-order valence-electron chi connectivity index (χ1n) is 9.88. The van der Waals surface area contributed by atoms with Crippen molar-refractivity contribution in [3.63, 3.8) is 0 Å². The Hall–Kier alpha value is -2.89. The lowest BCUT2D eigenvalue weighted by Gasteiger charge is -2.16. The molecule has 0 saturated heterocycles. The summed E-state index contributed by atoms with van der Waals surface area (Å²) in [5.41, 5.74) is 2.43. The van der Waals surface area contributed by atoms with Crippen LogP contribution in [0.15, 0.2) is 42.6 Å². The van der Waals surface area contributed by atoms with Gasteiger partial charge in [-0.15, -0.1) is 0 Å². The number of hydrogen-bond acceptors (Lipinski definition) is 4. The predicted octanol–water partition coefficient (Wildman–Crippen LogP) is 3.85. The van der Waals surface area contributed by atoms with E-state index in [4.69, 9.17) is 0 Å². The molecule has 0 unspecified atom stereocenters. The maximum absolute atomic E-state index is 12.6. The predicted molar refractivity (Wildman–Crippen MR) is 112 cm³/mol. The Morgan fingerprint density at radius 2 is 1.64 bits per heavy atom. The van der Waals surface area contributed by atoms with Gasteiger partial charge in [0.05, 0.1) is 0 Å². The summed E-state index contributed by atoms with van der Waals surface area (Å²) in [4.78, 5) is 31.2. The molecule has 148 valence electrons. The summed E-state index contributed by atoms with van der Waals surface area (Å²) < 4.78 is 0. The minimum Gasteiger partial charge on any atom is -0.378 e. The van der Waals surface area contributed by atoms with Crippen LogP contribution < -0.4 is 15.5 Å². The molecule has 1 aliphatic carbocycles. The van der Waals surface area contributed by atoms with Crippen molar-refractivity contribution in [1.82, 2.24) is 10.3 Å². The first-order valence-corrected chi connectivity index (χ1v) is 9.88. The second kappa shape index (κ2) is 9.35. The number of pyridine rings is 1. The van der Waals surface area contributed by atoms with Crippen LogP contribution in [0.4, 0.5) is 11.4 Å². The van der Waals surface area contributed by atoms with Gasteiger partial charge in [-0.3, -0.25) is 14.6 Å². The number of aromatic nitrogens is 1. The van der Waals surface area contributed by atoms with Crippen LogP contribution in [0.2, 0.25) is 0 Å². The van der Waals surface area contributed by atoms with Crippen molar-refractivity contribution in [2.75, 3.05) is 24.3 Å². The van der Waals surface area contributed by atoms with E-state index < -0.39 is 0 Å². The third kappa shape index (κ3) is 5.31. The van der Waals surface area contributed by atoms with E-state index in [1.807, 2.05) is 43.3 Å². The minimum absolute atomic E-state index is 0.140. The number of nitrogens with one attached hydrogen (secondary N) is 2. The van der Waals surface area contributed by atoms with Gasteiger partial charge in [-0.1, -0.05) is 25.7 Å². The van der Waals surface area contributed by atoms with Gasteiger partial charge in [-0.05, 0) is 49.2 Å². The van der Waals surface area contributed by atoms with Crippen molar-refractivity contribution in [3.05, 3.63) is 53.9 Å². The second-order valence-electron chi connectivity index (χ2n) is 7.49. The SMILES string of the molecule is CN(C)c1ccc(NC(=O)c2cc(C(=O)NC3CCCCCC3)ccn2)cc1. The quantitative estimate of drug-likeness (QED) is 0.773. The van der Waals surface area contributed by atoms with Gasteiger partial charge in [0.15, 0.2) is 0 Å². The first-order chi connectivity index (χ1) is 13.5. The summed E-state index contributed by atoms with van der Waals surface area (Å²) in [5, 5.41) is 5.93. The van der Waals surface area contributed by atoms with Crippen LogP contribution in [0.25, 0.3) is 0 Å². The van der Waals surface area contributed by atoms with Gasteiger partial charge in [0.25, 0.3) is 11.8 Å². The lowest BCUT2D eigenvalue weighted by molar-refractivity contribution is 0.0933. The maximum Gasteiger partial charge on any atom is 0.274 e. The standard InChI is InChI=1S/C22H28N4O2/c1-26(2)19-11-9-18(10-12-19)25-22(28)20-15-16(13-14-23-20)21(27)24-17-7-5-3-4-6-8-17/h9-15,17H,3-8H2,1-2H3,(H,24,27)(H,25,28). The molecule has 28 heavy (non-hydrogen) atoms. The Bertz CT molecular complexity index is 810. The molecule has 1 aliphatic rings. The largest absolute Gasteiger partial charge is 0.378 e. The zero-order chi connectivity index (χ0) is 19.9. The molecular formula is C22H28N4O2. The number of carbonyl (C=O) groups is 2. The van der Waals surface area contributed by atoms with E-state index in [1.165, 1.54) is 19.0 Å². The molecule has 6 heteroatoms. The molecule has 0 bridgehead atoms. The van der Waals surface area contributed by atoms with E-state index >= 15 is 0 Å². The highest BCUT2D eigenvalue weighted by Crippen LogP contribution is 2.18. The van der Waals surface area contributed by atoms with Gasteiger partial charge >= 0.3 is 0 Å². The highest BCUT2D eigenvalue weighted by atomic mass is 16.2. The van der Waals surface area contributed by atoms with Crippen LogP contribution in [0.3, 0.4) is 0 Å².